The van der Waals surface area contributed by atoms with Crippen LogP contribution in [0.15, 0.2) is 18.2 Å². The van der Waals surface area contributed by atoms with E-state index in [1.165, 1.54) is 12.1 Å². The molecular weight excluding hydrogens is 215 g/mol. The Kier molecular flexibility index (Phi) is 2.13. The predicted octanol–water partition coefficient (Wildman–Crippen LogP) is 3.46. The number of hydrogen-bond acceptors (Lipinski definition) is 1. The van der Waals surface area contributed by atoms with E-state index < -0.39 is 0 Å². The fraction of sp³-hybridized carbons (Fsp3) is 0.500. The van der Waals surface area contributed by atoms with Crippen molar-refractivity contribution in [3.8, 4) is 5.75 Å². The van der Waals surface area contributed by atoms with Crippen LogP contribution in [0.5, 0.6) is 5.75 Å². The summed E-state index contributed by atoms with van der Waals surface area (Å²) in [6.07, 6.45) is 3.33. The molecule has 1 saturated carbocycles. The Morgan fingerprint density at radius 3 is 3.07 bits per heavy atom. The normalized spacial score (nSPS) is 33.1. The maximum Gasteiger partial charge on any atom is 0.126 e. The van der Waals surface area contributed by atoms with Crippen LogP contribution in [-0.2, 0) is 0 Å². The lowest BCUT2D eigenvalue weighted by Gasteiger charge is -2.28. The van der Waals surface area contributed by atoms with Crippen LogP contribution in [0.2, 0.25) is 0 Å². The third kappa shape index (κ3) is 1.43. The van der Waals surface area contributed by atoms with E-state index in [0.717, 1.165) is 24.8 Å². The zero-order chi connectivity index (χ0) is 10.4. The first-order valence-electron chi connectivity index (χ1n) is 5.36. The fourth-order valence-corrected chi connectivity index (χ4v) is 3.13. The second kappa shape index (κ2) is 3.38. The van der Waals surface area contributed by atoms with Crippen LogP contribution in [0.3, 0.4) is 0 Å². The van der Waals surface area contributed by atoms with Gasteiger partial charge in [-0.15, -0.1) is 11.6 Å². The molecule has 1 heterocycles. The average Bonchev–Trinajstić information content (AvgIpc) is 2.56. The van der Waals surface area contributed by atoms with Gasteiger partial charge in [0.15, 0.2) is 0 Å². The first-order valence-corrected chi connectivity index (χ1v) is 5.79. The molecule has 0 saturated heterocycles. The van der Waals surface area contributed by atoms with Crippen molar-refractivity contribution in [2.75, 3.05) is 0 Å². The molecule has 0 N–H and O–H groups in total. The van der Waals surface area contributed by atoms with Crippen molar-refractivity contribution in [3.63, 3.8) is 0 Å². The van der Waals surface area contributed by atoms with Gasteiger partial charge in [0.2, 0.25) is 0 Å². The van der Waals surface area contributed by atoms with Gasteiger partial charge in [-0.25, -0.2) is 4.39 Å². The van der Waals surface area contributed by atoms with Crippen molar-refractivity contribution in [3.05, 3.63) is 29.6 Å². The van der Waals surface area contributed by atoms with Crippen molar-refractivity contribution in [2.24, 2.45) is 0 Å². The highest BCUT2D eigenvalue weighted by molar-refractivity contribution is 6.21. The molecule has 3 rings (SSSR count). The Balaban J connectivity index is 2.03. The number of hydrogen-bond donors (Lipinski definition) is 0. The Morgan fingerprint density at radius 2 is 2.20 bits per heavy atom. The summed E-state index contributed by atoms with van der Waals surface area (Å²) in [7, 11) is 0. The Bertz CT molecular complexity index is 393. The van der Waals surface area contributed by atoms with E-state index in [4.69, 9.17) is 16.3 Å². The van der Waals surface area contributed by atoms with Crippen molar-refractivity contribution >= 4 is 11.6 Å². The zero-order valence-corrected chi connectivity index (χ0v) is 9.01. The quantitative estimate of drug-likeness (QED) is 0.616. The summed E-state index contributed by atoms with van der Waals surface area (Å²) in [6.45, 7) is 0. The second-order valence-corrected chi connectivity index (χ2v) is 4.87. The minimum absolute atomic E-state index is 0.135. The first kappa shape index (κ1) is 9.46. The number of rotatable bonds is 0. The highest BCUT2D eigenvalue weighted by Crippen LogP contribution is 2.47. The third-order valence-corrected chi connectivity index (χ3v) is 3.86. The van der Waals surface area contributed by atoms with E-state index in [2.05, 4.69) is 0 Å². The molecule has 0 spiro atoms. The standard InChI is InChI=1S/C12H12ClFO/c13-9-2-1-3-10-12(9)8-5-4-7(14)6-11(8)15-10/h4-6,9-10,12H,1-3H2. The van der Waals surface area contributed by atoms with Crippen LogP contribution in [0.25, 0.3) is 0 Å². The molecule has 0 radical (unpaired) electrons. The lowest BCUT2D eigenvalue weighted by atomic mass is 9.83. The summed E-state index contributed by atoms with van der Waals surface area (Å²) >= 11 is 6.31. The monoisotopic (exact) mass is 226 g/mol. The molecule has 0 amide bonds. The molecule has 1 aliphatic heterocycles. The van der Waals surface area contributed by atoms with Gasteiger partial charge < -0.3 is 4.74 Å². The summed E-state index contributed by atoms with van der Waals surface area (Å²) in [5.74, 6) is 0.715. The molecule has 1 aromatic rings. The third-order valence-electron chi connectivity index (χ3n) is 3.37. The van der Waals surface area contributed by atoms with Gasteiger partial charge in [0.25, 0.3) is 0 Å². The molecule has 3 unspecified atom stereocenters. The first-order chi connectivity index (χ1) is 7.25. The molecule has 0 bridgehead atoms. The van der Waals surface area contributed by atoms with E-state index in [-0.39, 0.29) is 23.2 Å². The van der Waals surface area contributed by atoms with Gasteiger partial charge in [-0.1, -0.05) is 6.07 Å². The van der Waals surface area contributed by atoms with Crippen molar-refractivity contribution in [1.29, 1.82) is 0 Å². The summed E-state index contributed by atoms with van der Waals surface area (Å²) in [5.41, 5.74) is 1.08. The molecule has 80 valence electrons. The van der Waals surface area contributed by atoms with Gasteiger partial charge in [-0.05, 0) is 25.3 Å². The Labute approximate surface area is 93.2 Å². The lowest BCUT2D eigenvalue weighted by molar-refractivity contribution is 0.166. The fourth-order valence-electron chi connectivity index (χ4n) is 2.68. The molecule has 1 aromatic carbocycles. The molecule has 15 heavy (non-hydrogen) atoms. The van der Waals surface area contributed by atoms with Gasteiger partial charge in [0.05, 0.1) is 0 Å². The number of alkyl halides is 1. The van der Waals surface area contributed by atoms with Gasteiger partial charge in [-0.3, -0.25) is 0 Å². The molecule has 3 atom stereocenters. The lowest BCUT2D eigenvalue weighted by Crippen LogP contribution is -2.30. The van der Waals surface area contributed by atoms with E-state index in [1.807, 2.05) is 6.07 Å². The molecule has 1 aliphatic carbocycles. The Morgan fingerprint density at radius 1 is 1.33 bits per heavy atom. The molecule has 0 aromatic heterocycles. The van der Waals surface area contributed by atoms with E-state index in [1.54, 1.807) is 0 Å². The second-order valence-electron chi connectivity index (χ2n) is 4.31. The van der Waals surface area contributed by atoms with E-state index in [0.29, 0.717) is 5.75 Å². The summed E-state index contributed by atoms with van der Waals surface area (Å²) in [6, 6.07) is 4.77. The maximum absolute atomic E-state index is 13.0. The van der Waals surface area contributed by atoms with Gasteiger partial charge in [-0.2, -0.15) is 0 Å². The summed E-state index contributed by atoms with van der Waals surface area (Å²) in [5, 5.41) is 0.135. The zero-order valence-electron chi connectivity index (χ0n) is 8.25. The molecule has 1 fully saturated rings. The number of fused-ring (bicyclic) bond motifs is 3. The van der Waals surface area contributed by atoms with Gasteiger partial charge in [0, 0.05) is 22.9 Å². The van der Waals surface area contributed by atoms with Crippen LogP contribution in [0.1, 0.15) is 30.7 Å². The summed E-state index contributed by atoms with van der Waals surface area (Å²) < 4.78 is 18.8. The van der Waals surface area contributed by atoms with Crippen LogP contribution in [0, 0.1) is 5.82 Å². The molecular formula is C12H12ClFO. The number of halogens is 2. The minimum Gasteiger partial charge on any atom is -0.489 e. The van der Waals surface area contributed by atoms with Crippen molar-refractivity contribution < 1.29 is 9.13 Å². The largest absolute Gasteiger partial charge is 0.489 e. The smallest absolute Gasteiger partial charge is 0.126 e. The minimum atomic E-state index is -0.237. The summed E-state index contributed by atoms with van der Waals surface area (Å²) in [4.78, 5) is 0. The van der Waals surface area contributed by atoms with Crippen LogP contribution in [0.4, 0.5) is 4.39 Å². The Hall–Kier alpha value is -0.760. The SMILES string of the molecule is Fc1ccc2c(c1)OC1CCCC(Cl)C21. The number of ether oxygens (including phenoxy) is 1. The van der Waals surface area contributed by atoms with Gasteiger partial charge in [0.1, 0.15) is 17.7 Å². The highest BCUT2D eigenvalue weighted by atomic mass is 35.5. The number of benzene rings is 1. The average molecular weight is 227 g/mol. The van der Waals surface area contributed by atoms with Crippen molar-refractivity contribution in [2.45, 2.75) is 36.7 Å². The molecule has 1 nitrogen and oxygen atoms in total. The predicted molar refractivity (Wildman–Crippen MR) is 57.0 cm³/mol. The highest BCUT2D eigenvalue weighted by Gasteiger charge is 2.41. The topological polar surface area (TPSA) is 9.23 Å². The van der Waals surface area contributed by atoms with Crippen LogP contribution in [-0.4, -0.2) is 11.5 Å². The van der Waals surface area contributed by atoms with Crippen molar-refractivity contribution in [1.82, 2.24) is 0 Å². The molecule has 3 heteroatoms. The molecule has 2 aliphatic rings. The maximum atomic E-state index is 13.0. The van der Waals surface area contributed by atoms with Crippen LogP contribution < -0.4 is 4.74 Å². The van der Waals surface area contributed by atoms with Gasteiger partial charge >= 0.3 is 0 Å². The van der Waals surface area contributed by atoms with E-state index >= 15 is 0 Å². The van der Waals surface area contributed by atoms with E-state index in [9.17, 15) is 4.39 Å². The van der Waals surface area contributed by atoms with Crippen LogP contribution >= 0.6 is 11.6 Å².